The molecule has 0 radical (unpaired) electrons. The number of likely N-dealkylation sites (tertiary alicyclic amines) is 1. The van der Waals surface area contributed by atoms with Crippen LogP contribution >= 0.6 is 0 Å². The minimum absolute atomic E-state index is 0.0156. The number of benzene rings is 1. The molecule has 25 heavy (non-hydrogen) atoms. The topological polar surface area (TPSA) is 81.7 Å². The highest BCUT2D eigenvalue weighted by Gasteiger charge is 2.25. The third kappa shape index (κ3) is 3.42. The van der Waals surface area contributed by atoms with E-state index in [-0.39, 0.29) is 18.5 Å². The van der Waals surface area contributed by atoms with E-state index in [0.717, 1.165) is 24.9 Å². The normalized spacial score (nSPS) is 17.6. The van der Waals surface area contributed by atoms with Gasteiger partial charge in [-0.15, -0.1) is 10.2 Å². The van der Waals surface area contributed by atoms with E-state index < -0.39 is 0 Å². The maximum atomic E-state index is 12.6. The fourth-order valence-electron chi connectivity index (χ4n) is 3.14. The molecule has 0 N–H and O–H groups in total. The molecule has 1 amide bonds. The minimum atomic E-state index is 0.0156. The molecule has 0 aliphatic carbocycles. The molecule has 1 fully saturated rings. The van der Waals surface area contributed by atoms with Gasteiger partial charge in [0.05, 0.1) is 12.4 Å². The molecule has 1 atom stereocenters. The fraction of sp³-hybridized carbons (Fsp3) is 0.353. The van der Waals surface area contributed by atoms with Gasteiger partial charge in [0.25, 0.3) is 0 Å². The van der Waals surface area contributed by atoms with Crippen molar-refractivity contribution >= 4 is 5.91 Å². The summed E-state index contributed by atoms with van der Waals surface area (Å²) in [6.45, 7) is 1.57. The number of imidazole rings is 1. The van der Waals surface area contributed by atoms with E-state index in [1.807, 2.05) is 47.8 Å². The maximum Gasteiger partial charge on any atom is 0.246 e. The van der Waals surface area contributed by atoms with Crippen LogP contribution in [0, 0.1) is 0 Å². The van der Waals surface area contributed by atoms with Crippen LogP contribution < -0.4 is 0 Å². The zero-order chi connectivity index (χ0) is 17.1. The van der Waals surface area contributed by atoms with Crippen molar-refractivity contribution in [2.45, 2.75) is 25.4 Å². The molecule has 0 bridgehead atoms. The average molecular weight is 337 g/mol. The predicted octanol–water partition coefficient (Wildman–Crippen LogP) is 1.40. The van der Waals surface area contributed by atoms with E-state index in [4.69, 9.17) is 0 Å². The van der Waals surface area contributed by atoms with Crippen molar-refractivity contribution in [3.8, 4) is 11.4 Å². The molecular weight excluding hydrogens is 318 g/mol. The summed E-state index contributed by atoms with van der Waals surface area (Å²) >= 11 is 0. The highest BCUT2D eigenvalue weighted by Crippen LogP contribution is 2.21. The van der Waals surface area contributed by atoms with Crippen LogP contribution in [-0.4, -0.2) is 53.7 Å². The zero-order valence-corrected chi connectivity index (χ0v) is 13.8. The van der Waals surface area contributed by atoms with Gasteiger partial charge in [-0.2, -0.15) is 4.80 Å². The monoisotopic (exact) mass is 337 g/mol. The van der Waals surface area contributed by atoms with E-state index >= 15 is 0 Å². The van der Waals surface area contributed by atoms with E-state index in [0.29, 0.717) is 12.4 Å². The van der Waals surface area contributed by atoms with Crippen molar-refractivity contribution in [1.29, 1.82) is 0 Å². The number of nitrogens with zero attached hydrogens (tertiary/aromatic N) is 7. The smallest absolute Gasteiger partial charge is 0.246 e. The van der Waals surface area contributed by atoms with Gasteiger partial charge in [-0.25, -0.2) is 4.98 Å². The molecule has 8 nitrogen and oxygen atoms in total. The molecule has 1 aromatic carbocycles. The Morgan fingerprint density at radius 3 is 2.92 bits per heavy atom. The second kappa shape index (κ2) is 6.84. The van der Waals surface area contributed by atoms with E-state index in [1.54, 1.807) is 6.20 Å². The van der Waals surface area contributed by atoms with Crippen molar-refractivity contribution in [2.75, 3.05) is 13.1 Å². The molecule has 0 unspecified atom stereocenters. The van der Waals surface area contributed by atoms with Gasteiger partial charge >= 0.3 is 0 Å². The van der Waals surface area contributed by atoms with Gasteiger partial charge in [0.15, 0.2) is 0 Å². The van der Waals surface area contributed by atoms with Crippen LogP contribution in [-0.2, 0) is 11.3 Å². The van der Waals surface area contributed by atoms with Crippen molar-refractivity contribution in [2.24, 2.45) is 0 Å². The first-order chi connectivity index (χ1) is 12.3. The molecule has 1 saturated heterocycles. The maximum absolute atomic E-state index is 12.6. The van der Waals surface area contributed by atoms with Crippen LogP contribution in [0.3, 0.4) is 0 Å². The number of amides is 1. The average Bonchev–Trinajstić information content (AvgIpc) is 3.35. The van der Waals surface area contributed by atoms with Gasteiger partial charge in [0.1, 0.15) is 6.54 Å². The lowest BCUT2D eigenvalue weighted by Crippen LogP contribution is -2.42. The first-order valence-electron chi connectivity index (χ1n) is 8.38. The van der Waals surface area contributed by atoms with E-state index in [2.05, 4.69) is 25.0 Å². The molecule has 0 saturated carbocycles. The number of hydrogen-bond donors (Lipinski definition) is 0. The summed E-state index contributed by atoms with van der Waals surface area (Å²) in [5, 5.41) is 12.4. The van der Waals surface area contributed by atoms with Crippen molar-refractivity contribution in [1.82, 2.24) is 34.7 Å². The number of aromatic nitrogens is 6. The Balaban J connectivity index is 1.41. The predicted molar refractivity (Wildman–Crippen MR) is 90.3 cm³/mol. The molecule has 1 aliphatic rings. The van der Waals surface area contributed by atoms with Gasteiger partial charge in [-0.05, 0) is 18.1 Å². The first kappa shape index (κ1) is 15.5. The lowest BCUT2D eigenvalue weighted by atomic mass is 10.1. The SMILES string of the molecule is O=C(Cn1nnc(-c2ccccc2)n1)N1CCC[C@@H](n2ccnc2)C1. The number of tetrazole rings is 1. The third-order valence-electron chi connectivity index (χ3n) is 4.46. The lowest BCUT2D eigenvalue weighted by Gasteiger charge is -2.33. The van der Waals surface area contributed by atoms with Crippen LogP contribution in [0.15, 0.2) is 49.1 Å². The quantitative estimate of drug-likeness (QED) is 0.719. The highest BCUT2D eigenvalue weighted by molar-refractivity contribution is 5.76. The lowest BCUT2D eigenvalue weighted by molar-refractivity contribution is -0.133. The van der Waals surface area contributed by atoms with Crippen LogP contribution in [0.25, 0.3) is 11.4 Å². The van der Waals surface area contributed by atoms with Gasteiger partial charge < -0.3 is 9.47 Å². The molecule has 2 aromatic heterocycles. The molecule has 8 heteroatoms. The summed E-state index contributed by atoms with van der Waals surface area (Å²) in [6.07, 6.45) is 7.56. The second-order valence-electron chi connectivity index (χ2n) is 6.16. The summed E-state index contributed by atoms with van der Waals surface area (Å²) in [6, 6.07) is 9.90. The minimum Gasteiger partial charge on any atom is -0.339 e. The molecule has 128 valence electrons. The Hall–Kier alpha value is -3.03. The van der Waals surface area contributed by atoms with Crippen molar-refractivity contribution < 1.29 is 4.79 Å². The molecular formula is C17H19N7O. The number of hydrogen-bond acceptors (Lipinski definition) is 5. The number of rotatable bonds is 4. The third-order valence-corrected chi connectivity index (χ3v) is 4.46. The summed E-state index contributed by atoms with van der Waals surface area (Å²) in [7, 11) is 0. The van der Waals surface area contributed by atoms with Crippen molar-refractivity contribution in [3.05, 3.63) is 49.1 Å². The van der Waals surface area contributed by atoms with Gasteiger partial charge in [-0.1, -0.05) is 30.3 Å². The summed E-state index contributed by atoms with van der Waals surface area (Å²) < 4.78 is 2.07. The molecule has 3 aromatic rings. The Kier molecular flexibility index (Phi) is 4.24. The van der Waals surface area contributed by atoms with E-state index in [9.17, 15) is 4.79 Å². The standard InChI is InChI=1S/C17H19N7O/c25-16(22-9-4-7-15(11-22)23-10-8-18-13-23)12-24-20-17(19-21-24)14-5-2-1-3-6-14/h1-3,5-6,8,10,13,15H,4,7,9,11-12H2/t15-/m1/s1. The largest absolute Gasteiger partial charge is 0.339 e. The second-order valence-corrected chi connectivity index (χ2v) is 6.16. The van der Waals surface area contributed by atoms with Crippen LogP contribution in [0.2, 0.25) is 0 Å². The van der Waals surface area contributed by atoms with Gasteiger partial charge in [0.2, 0.25) is 11.7 Å². The van der Waals surface area contributed by atoms with Crippen LogP contribution in [0.4, 0.5) is 0 Å². The number of carbonyl (C=O) groups excluding carboxylic acids is 1. The highest BCUT2D eigenvalue weighted by atomic mass is 16.2. The number of carbonyl (C=O) groups is 1. The fourth-order valence-corrected chi connectivity index (χ4v) is 3.14. The van der Waals surface area contributed by atoms with Crippen LogP contribution in [0.5, 0.6) is 0 Å². The Labute approximate surface area is 145 Å². The van der Waals surface area contributed by atoms with Crippen LogP contribution in [0.1, 0.15) is 18.9 Å². The van der Waals surface area contributed by atoms with Crippen molar-refractivity contribution in [3.63, 3.8) is 0 Å². The van der Waals surface area contributed by atoms with Gasteiger partial charge in [0, 0.05) is 31.0 Å². The first-order valence-corrected chi connectivity index (χ1v) is 8.38. The zero-order valence-electron chi connectivity index (χ0n) is 13.8. The molecule has 4 rings (SSSR count). The Morgan fingerprint density at radius 2 is 2.12 bits per heavy atom. The Morgan fingerprint density at radius 1 is 1.24 bits per heavy atom. The molecule has 1 aliphatic heterocycles. The van der Waals surface area contributed by atoms with Gasteiger partial charge in [-0.3, -0.25) is 4.79 Å². The van der Waals surface area contributed by atoms with E-state index in [1.165, 1.54) is 4.80 Å². The summed E-state index contributed by atoms with van der Waals surface area (Å²) in [5.41, 5.74) is 0.888. The summed E-state index contributed by atoms with van der Waals surface area (Å²) in [4.78, 5) is 19.9. The number of piperidine rings is 1. The Bertz CT molecular complexity index is 828. The molecule has 3 heterocycles. The summed E-state index contributed by atoms with van der Waals surface area (Å²) in [5.74, 6) is 0.546. The molecule has 0 spiro atoms.